The largest absolute Gasteiger partial charge is 0.483 e. The van der Waals surface area contributed by atoms with E-state index in [1.54, 1.807) is 17.0 Å². The molecule has 0 radical (unpaired) electrons. The molecule has 0 saturated carbocycles. The van der Waals surface area contributed by atoms with E-state index in [1.807, 2.05) is 30.3 Å². The molecule has 3 aromatic rings. The van der Waals surface area contributed by atoms with Crippen LogP contribution in [0.1, 0.15) is 0 Å². The molecule has 1 aliphatic heterocycles. The summed E-state index contributed by atoms with van der Waals surface area (Å²) in [5.74, 6) is 0.240. The van der Waals surface area contributed by atoms with Gasteiger partial charge in [-0.3, -0.25) is 14.9 Å². The van der Waals surface area contributed by atoms with Crippen molar-refractivity contribution in [1.82, 2.24) is 9.88 Å². The highest BCUT2D eigenvalue weighted by Gasteiger charge is 2.19. The van der Waals surface area contributed by atoms with Gasteiger partial charge < -0.3 is 14.4 Å². The van der Waals surface area contributed by atoms with E-state index in [0.29, 0.717) is 48.6 Å². The number of rotatable bonds is 5. The molecule has 1 aromatic heterocycles. The smallest absolute Gasteiger partial charge is 0.270 e. The van der Waals surface area contributed by atoms with Gasteiger partial charge in [-0.05, 0) is 6.07 Å². The number of hydrogen-bond donors (Lipinski definition) is 0. The van der Waals surface area contributed by atoms with Crippen molar-refractivity contribution >= 4 is 22.5 Å². The highest BCUT2D eigenvalue weighted by molar-refractivity contribution is 5.90. The number of nitrogens with zero attached hydrogens (tertiary/aromatic N) is 3. The molecule has 1 saturated heterocycles. The van der Waals surface area contributed by atoms with Gasteiger partial charge in [-0.25, -0.2) is 4.98 Å². The monoisotopic (exact) mass is 393 g/mol. The quantitative estimate of drug-likeness (QED) is 0.488. The molecule has 2 heterocycles. The van der Waals surface area contributed by atoms with Gasteiger partial charge in [0.25, 0.3) is 11.6 Å². The summed E-state index contributed by atoms with van der Waals surface area (Å²) >= 11 is 0. The Morgan fingerprint density at radius 3 is 2.62 bits per heavy atom. The minimum Gasteiger partial charge on any atom is -0.483 e. The minimum atomic E-state index is -0.465. The lowest BCUT2D eigenvalue weighted by Gasteiger charge is -2.26. The van der Waals surface area contributed by atoms with Crippen LogP contribution >= 0.6 is 0 Å². The summed E-state index contributed by atoms with van der Waals surface area (Å²) in [6.45, 7) is 1.92. The third-order valence-electron chi connectivity index (χ3n) is 4.75. The molecule has 2 aromatic carbocycles. The van der Waals surface area contributed by atoms with Crippen LogP contribution in [-0.4, -0.2) is 53.6 Å². The van der Waals surface area contributed by atoms with Gasteiger partial charge in [0, 0.05) is 42.2 Å². The molecule has 4 rings (SSSR count). The van der Waals surface area contributed by atoms with Crippen LogP contribution in [0.5, 0.6) is 5.75 Å². The van der Waals surface area contributed by atoms with Crippen LogP contribution in [-0.2, 0) is 9.53 Å². The number of aromatic nitrogens is 1. The number of non-ortho nitro benzene ring substituents is 1. The molecule has 8 heteroatoms. The van der Waals surface area contributed by atoms with Gasteiger partial charge in [0.15, 0.2) is 6.61 Å². The maximum Gasteiger partial charge on any atom is 0.270 e. The number of nitro groups is 1. The van der Waals surface area contributed by atoms with E-state index in [1.165, 1.54) is 12.1 Å². The third-order valence-corrected chi connectivity index (χ3v) is 4.75. The predicted molar refractivity (Wildman–Crippen MR) is 107 cm³/mol. The van der Waals surface area contributed by atoms with Crippen LogP contribution in [0, 0.1) is 10.1 Å². The lowest BCUT2D eigenvalue weighted by atomic mass is 10.1. The third kappa shape index (κ3) is 4.17. The van der Waals surface area contributed by atoms with E-state index in [4.69, 9.17) is 9.47 Å². The molecule has 0 bridgehead atoms. The summed E-state index contributed by atoms with van der Waals surface area (Å²) in [4.78, 5) is 29.5. The Bertz CT molecular complexity index is 1050. The summed E-state index contributed by atoms with van der Waals surface area (Å²) in [5.41, 5.74) is 2.06. The molecule has 1 aliphatic rings. The second kappa shape index (κ2) is 8.24. The van der Waals surface area contributed by atoms with Crippen LogP contribution in [0.25, 0.3) is 22.2 Å². The highest BCUT2D eigenvalue weighted by atomic mass is 16.6. The SMILES string of the molecule is O=C(COc1cc(-c2ccccc2)nc2ccc([N+](=O)[O-])cc12)N1CCOCC1. The van der Waals surface area contributed by atoms with E-state index in [0.717, 1.165) is 5.56 Å². The Kier molecular flexibility index (Phi) is 5.35. The van der Waals surface area contributed by atoms with Crippen molar-refractivity contribution in [3.63, 3.8) is 0 Å². The summed E-state index contributed by atoms with van der Waals surface area (Å²) in [5, 5.41) is 11.7. The standard InChI is InChI=1S/C21H19N3O5/c25-21(23-8-10-28-11-9-23)14-29-20-13-19(15-4-2-1-3-5-15)22-18-7-6-16(24(26)27)12-17(18)20/h1-7,12-13H,8-11,14H2. The number of ether oxygens (including phenoxy) is 2. The maximum absolute atomic E-state index is 12.5. The van der Waals surface area contributed by atoms with Gasteiger partial charge >= 0.3 is 0 Å². The number of benzene rings is 2. The molecule has 0 N–H and O–H groups in total. The Labute approximate surface area is 166 Å². The number of hydrogen-bond acceptors (Lipinski definition) is 6. The number of amides is 1. The lowest BCUT2D eigenvalue weighted by Crippen LogP contribution is -2.43. The first-order valence-corrected chi connectivity index (χ1v) is 9.25. The number of pyridine rings is 1. The fraction of sp³-hybridized carbons (Fsp3) is 0.238. The Morgan fingerprint density at radius 1 is 1.14 bits per heavy atom. The normalized spacial score (nSPS) is 14.0. The van der Waals surface area contributed by atoms with Gasteiger partial charge in [-0.2, -0.15) is 0 Å². The average molecular weight is 393 g/mol. The van der Waals surface area contributed by atoms with Crippen molar-refractivity contribution in [2.45, 2.75) is 0 Å². The van der Waals surface area contributed by atoms with Gasteiger partial charge in [0.1, 0.15) is 5.75 Å². The van der Waals surface area contributed by atoms with Crippen LogP contribution in [0.4, 0.5) is 5.69 Å². The zero-order valence-electron chi connectivity index (χ0n) is 15.6. The van der Waals surface area contributed by atoms with E-state index in [-0.39, 0.29) is 18.2 Å². The summed E-state index contributed by atoms with van der Waals surface area (Å²) in [6, 6.07) is 15.7. The van der Waals surface area contributed by atoms with E-state index in [2.05, 4.69) is 4.98 Å². The van der Waals surface area contributed by atoms with Gasteiger partial charge in [0.05, 0.1) is 29.3 Å². The van der Waals surface area contributed by atoms with Gasteiger partial charge in [0.2, 0.25) is 0 Å². The van der Waals surface area contributed by atoms with Crippen molar-refractivity contribution in [1.29, 1.82) is 0 Å². The Hall–Kier alpha value is -3.52. The number of carbonyl (C=O) groups excluding carboxylic acids is 1. The minimum absolute atomic E-state index is 0.0592. The molecule has 8 nitrogen and oxygen atoms in total. The molecule has 29 heavy (non-hydrogen) atoms. The second-order valence-corrected chi connectivity index (χ2v) is 6.61. The average Bonchev–Trinajstić information content (AvgIpc) is 2.77. The molecule has 148 valence electrons. The molecular formula is C21H19N3O5. The number of nitro benzene ring substituents is 1. The first-order chi connectivity index (χ1) is 14.1. The highest BCUT2D eigenvalue weighted by Crippen LogP contribution is 2.32. The fourth-order valence-corrected chi connectivity index (χ4v) is 3.22. The predicted octanol–water partition coefficient (Wildman–Crippen LogP) is 3.05. The number of carbonyl (C=O) groups is 1. The summed E-state index contributed by atoms with van der Waals surface area (Å²) in [6.07, 6.45) is 0. The van der Waals surface area contributed by atoms with Crippen molar-refractivity contribution < 1.29 is 19.2 Å². The second-order valence-electron chi connectivity index (χ2n) is 6.61. The maximum atomic E-state index is 12.5. The number of morpholine rings is 1. The van der Waals surface area contributed by atoms with E-state index in [9.17, 15) is 14.9 Å². The van der Waals surface area contributed by atoms with Crippen molar-refractivity contribution in [3.8, 4) is 17.0 Å². The molecule has 1 amide bonds. The van der Waals surface area contributed by atoms with Crippen LogP contribution in [0.2, 0.25) is 0 Å². The van der Waals surface area contributed by atoms with Crippen molar-refractivity contribution in [3.05, 3.63) is 64.7 Å². The lowest BCUT2D eigenvalue weighted by molar-refractivity contribution is -0.384. The Balaban J connectivity index is 1.69. The van der Waals surface area contributed by atoms with Crippen molar-refractivity contribution in [2.75, 3.05) is 32.9 Å². The fourth-order valence-electron chi connectivity index (χ4n) is 3.22. The zero-order chi connectivity index (χ0) is 20.2. The first-order valence-electron chi connectivity index (χ1n) is 9.25. The van der Waals surface area contributed by atoms with E-state index < -0.39 is 4.92 Å². The summed E-state index contributed by atoms with van der Waals surface area (Å²) < 4.78 is 11.1. The van der Waals surface area contributed by atoms with Crippen LogP contribution in [0.15, 0.2) is 54.6 Å². The topological polar surface area (TPSA) is 94.8 Å². The molecule has 0 atom stereocenters. The molecular weight excluding hydrogens is 374 g/mol. The zero-order valence-corrected chi connectivity index (χ0v) is 15.6. The van der Waals surface area contributed by atoms with Crippen LogP contribution < -0.4 is 4.74 Å². The van der Waals surface area contributed by atoms with Crippen LogP contribution in [0.3, 0.4) is 0 Å². The van der Waals surface area contributed by atoms with Gasteiger partial charge in [-0.15, -0.1) is 0 Å². The van der Waals surface area contributed by atoms with Gasteiger partial charge in [-0.1, -0.05) is 30.3 Å². The molecule has 0 unspecified atom stereocenters. The molecule has 0 aliphatic carbocycles. The molecule has 0 spiro atoms. The Morgan fingerprint density at radius 2 is 1.90 bits per heavy atom. The molecule has 1 fully saturated rings. The number of fused-ring (bicyclic) bond motifs is 1. The first kappa shape index (κ1) is 18.8. The summed E-state index contributed by atoms with van der Waals surface area (Å²) in [7, 11) is 0. The van der Waals surface area contributed by atoms with Crippen molar-refractivity contribution in [2.24, 2.45) is 0 Å². The van der Waals surface area contributed by atoms with E-state index >= 15 is 0 Å².